The Morgan fingerprint density at radius 2 is 0.926 bits per heavy atom. The number of sulfonamides is 2. The van der Waals surface area contributed by atoms with Gasteiger partial charge in [0.2, 0.25) is 20.0 Å². The summed E-state index contributed by atoms with van der Waals surface area (Å²) in [6.45, 7) is 7.98. The molecule has 1 heterocycles. The zero-order chi connectivity index (χ0) is 40.0. The second-order valence-electron chi connectivity index (χ2n) is 14.7. The lowest BCUT2D eigenvalue weighted by Crippen LogP contribution is -2.41. The molecule has 18 heteroatoms. The van der Waals surface area contributed by atoms with Crippen LogP contribution in [0, 0.1) is 0 Å². The van der Waals surface area contributed by atoms with E-state index in [0.717, 1.165) is 52.9 Å². The van der Waals surface area contributed by atoms with Gasteiger partial charge in [0.05, 0.1) is 25.9 Å². The van der Waals surface area contributed by atoms with E-state index < -0.39 is 47.4 Å². The van der Waals surface area contributed by atoms with Crippen LogP contribution in [0.2, 0.25) is 0 Å². The van der Waals surface area contributed by atoms with Crippen LogP contribution in [0.15, 0.2) is 96.4 Å². The first-order valence-corrected chi connectivity index (χ1v) is 24.7. The maximum Gasteiger partial charge on any atom is 0.494 e. The van der Waals surface area contributed by atoms with Crippen molar-refractivity contribution in [2.75, 3.05) is 0 Å². The molecule has 0 amide bonds. The molecule has 0 spiro atoms. The van der Waals surface area contributed by atoms with E-state index in [1.54, 1.807) is 60.7 Å². The third-order valence-electron chi connectivity index (χ3n) is 9.94. The average Bonchev–Trinajstić information content (AvgIpc) is 3.27. The van der Waals surface area contributed by atoms with Gasteiger partial charge < -0.3 is 15.0 Å². The van der Waals surface area contributed by atoms with Crippen LogP contribution in [-0.2, 0) is 38.4 Å². The van der Waals surface area contributed by atoms with Gasteiger partial charge in [-0.05, 0) is 132 Å². The van der Waals surface area contributed by atoms with Gasteiger partial charge in [-0.1, -0.05) is 63.3 Å². The predicted molar refractivity (Wildman–Crippen MR) is 221 cm³/mol. The second kappa shape index (κ2) is 18.9. The number of hydrogen-bond acceptors (Lipinski definition) is 9. The number of rotatable bonds is 8. The highest BCUT2D eigenvalue weighted by Crippen LogP contribution is 2.36. The van der Waals surface area contributed by atoms with Crippen LogP contribution < -0.4 is 20.6 Å². The van der Waals surface area contributed by atoms with Crippen LogP contribution in [0.4, 0.5) is 0 Å². The summed E-state index contributed by atoms with van der Waals surface area (Å²) in [5, 5.41) is 0. The standard InChI is InChI=1S/C16H24BNO4S.C10H12BrNO2S.C6H4BrClO2S.C4H9N/c1-15(2)16(3,4)22-17(21-15)12-8-10-14(11-9-12)23(19,20)18-13-6-5-7-13;11-8-4-6-10(7-5-8)15(13,14)12-9-2-1-3-9;7-5-1-3-6(4-2-5)11(8,9)10;5-4-2-1-3-4/h8-11,13,18H,5-7H2,1-4H3;4-7,9,12H,1-3H2;1-4H;4H,1-3,5H2. The average molecular weight is 954 g/mol. The molecule has 0 bridgehead atoms. The summed E-state index contributed by atoms with van der Waals surface area (Å²) in [5.74, 6) is 0. The minimum absolute atomic E-state index is 0.0859. The number of hydrogen-bond donors (Lipinski definition) is 3. The minimum Gasteiger partial charge on any atom is -0.399 e. The molecule has 0 aromatic heterocycles. The van der Waals surface area contributed by atoms with Crippen molar-refractivity contribution in [2.24, 2.45) is 5.73 Å². The number of benzene rings is 3. The fraction of sp³-hybridized carbons (Fsp3) is 0.500. The molecule has 11 nitrogen and oxygen atoms in total. The van der Waals surface area contributed by atoms with Gasteiger partial charge in [0.15, 0.2) is 0 Å². The molecule has 54 heavy (non-hydrogen) atoms. The van der Waals surface area contributed by atoms with Crippen LogP contribution in [-0.4, -0.2) is 61.7 Å². The van der Waals surface area contributed by atoms with Gasteiger partial charge in [-0.2, -0.15) is 0 Å². The van der Waals surface area contributed by atoms with Crippen molar-refractivity contribution in [1.29, 1.82) is 0 Å². The molecule has 0 radical (unpaired) electrons. The molecule has 0 atom stereocenters. The van der Waals surface area contributed by atoms with Crippen molar-refractivity contribution < 1.29 is 34.6 Å². The van der Waals surface area contributed by atoms with E-state index in [1.807, 2.05) is 27.7 Å². The molecule has 1 saturated heterocycles. The first-order valence-electron chi connectivity index (χ1n) is 17.8. The Hall–Kier alpha value is -1.38. The number of halogens is 3. The Bertz CT molecular complexity index is 2000. The van der Waals surface area contributed by atoms with Crippen molar-refractivity contribution in [1.82, 2.24) is 9.44 Å². The van der Waals surface area contributed by atoms with Gasteiger partial charge in [-0.25, -0.2) is 34.7 Å². The molecule has 4 aliphatic rings. The third kappa shape index (κ3) is 13.1. The van der Waals surface area contributed by atoms with Crippen LogP contribution in [0.1, 0.15) is 85.5 Å². The topological polar surface area (TPSA) is 171 Å². The van der Waals surface area contributed by atoms with Crippen LogP contribution in [0.3, 0.4) is 0 Å². The smallest absolute Gasteiger partial charge is 0.399 e. The monoisotopic (exact) mass is 951 g/mol. The van der Waals surface area contributed by atoms with Crippen molar-refractivity contribution in [3.63, 3.8) is 0 Å². The molecule has 3 aromatic carbocycles. The summed E-state index contributed by atoms with van der Waals surface area (Å²) >= 11 is 6.45. The number of nitrogens with one attached hydrogen (secondary N) is 2. The maximum absolute atomic E-state index is 12.3. The van der Waals surface area contributed by atoms with E-state index >= 15 is 0 Å². The van der Waals surface area contributed by atoms with Crippen molar-refractivity contribution in [2.45, 2.75) is 129 Å². The van der Waals surface area contributed by atoms with E-state index in [1.165, 1.54) is 31.4 Å². The van der Waals surface area contributed by atoms with Gasteiger partial charge in [-0.15, -0.1) is 0 Å². The Morgan fingerprint density at radius 1 is 0.611 bits per heavy atom. The molecule has 3 aliphatic carbocycles. The lowest BCUT2D eigenvalue weighted by Gasteiger charge is -2.32. The normalized spacial score (nSPS) is 19.7. The zero-order valence-corrected chi connectivity index (χ0v) is 37.2. The van der Waals surface area contributed by atoms with E-state index in [4.69, 9.17) is 25.7 Å². The highest BCUT2D eigenvalue weighted by atomic mass is 79.9. The summed E-state index contributed by atoms with van der Waals surface area (Å²) in [6.07, 6.45) is 9.85. The first kappa shape index (κ1) is 45.3. The Morgan fingerprint density at radius 3 is 1.20 bits per heavy atom. The minimum atomic E-state index is -3.57. The molecule has 7 rings (SSSR count). The second-order valence-corrected chi connectivity index (χ2v) is 22.5. The molecule has 1 aliphatic heterocycles. The SMILES string of the molecule is CC1(C)OB(c2ccc(S(=O)(=O)NC3CCC3)cc2)OC1(C)C.NC1CCC1.O=S(=O)(Cl)c1ccc(Br)cc1.O=S(=O)(NC1CCC1)c1ccc(Br)cc1. The highest BCUT2D eigenvalue weighted by molar-refractivity contribution is 9.10. The fourth-order valence-corrected chi connectivity index (χ4v) is 8.97. The van der Waals surface area contributed by atoms with Crippen molar-refractivity contribution in [3.05, 3.63) is 81.7 Å². The first-order chi connectivity index (χ1) is 25.1. The van der Waals surface area contributed by atoms with E-state index in [0.29, 0.717) is 10.9 Å². The van der Waals surface area contributed by atoms with E-state index in [2.05, 4.69) is 41.3 Å². The predicted octanol–water partition coefficient (Wildman–Crippen LogP) is 6.97. The van der Waals surface area contributed by atoms with Gasteiger partial charge in [-0.3, -0.25) is 0 Å². The largest absolute Gasteiger partial charge is 0.494 e. The van der Waals surface area contributed by atoms with Crippen LogP contribution >= 0.6 is 42.5 Å². The molecule has 4 N–H and O–H groups in total. The maximum atomic E-state index is 12.3. The van der Waals surface area contributed by atoms with Crippen LogP contribution in [0.5, 0.6) is 0 Å². The third-order valence-corrected chi connectivity index (χ3v) is 15.4. The molecular weight excluding hydrogens is 905 g/mol. The molecule has 3 saturated carbocycles. The molecule has 3 aromatic rings. The Balaban J connectivity index is 0.000000180. The van der Waals surface area contributed by atoms with Gasteiger partial charge in [0.1, 0.15) is 0 Å². The number of nitrogens with two attached hydrogens (primary N) is 1. The summed E-state index contributed by atoms with van der Waals surface area (Å²) < 4.78 is 88.7. The van der Waals surface area contributed by atoms with Crippen LogP contribution in [0.25, 0.3) is 0 Å². The highest BCUT2D eigenvalue weighted by Gasteiger charge is 2.51. The van der Waals surface area contributed by atoms with Crippen molar-refractivity contribution >= 4 is 84.2 Å². The van der Waals surface area contributed by atoms with Gasteiger partial charge in [0.25, 0.3) is 9.05 Å². The summed E-state index contributed by atoms with van der Waals surface area (Å²) in [4.78, 5) is 0.727. The Labute approximate surface area is 342 Å². The molecule has 298 valence electrons. The fourth-order valence-electron chi connectivity index (χ4n) is 5.06. The lowest BCUT2D eigenvalue weighted by atomic mass is 9.79. The summed E-state index contributed by atoms with van der Waals surface area (Å²) in [6, 6.07) is 20.3. The van der Waals surface area contributed by atoms with Crippen molar-refractivity contribution in [3.8, 4) is 0 Å². The lowest BCUT2D eigenvalue weighted by molar-refractivity contribution is 0.00578. The van der Waals surface area contributed by atoms with E-state index in [-0.39, 0.29) is 21.9 Å². The van der Waals surface area contributed by atoms with E-state index in [9.17, 15) is 25.3 Å². The Kier molecular flexibility index (Phi) is 15.9. The van der Waals surface area contributed by atoms with Gasteiger partial charge in [0, 0.05) is 37.8 Å². The summed E-state index contributed by atoms with van der Waals surface area (Å²) in [5.41, 5.74) is 5.39. The molecule has 4 fully saturated rings. The summed E-state index contributed by atoms with van der Waals surface area (Å²) in [7, 11) is -5.72. The van der Waals surface area contributed by atoms with Gasteiger partial charge >= 0.3 is 7.12 Å². The zero-order valence-electron chi connectivity index (χ0n) is 30.8. The quantitative estimate of drug-likeness (QED) is 0.159. The molecule has 0 unspecified atom stereocenters. The molecular formula is C36H49BBr2ClN3O8S3.